The summed E-state index contributed by atoms with van der Waals surface area (Å²) in [7, 11) is 0. The summed E-state index contributed by atoms with van der Waals surface area (Å²) in [5.74, 6) is 0.0310. The Balaban J connectivity index is 2.04. The molecule has 2 heterocycles. The smallest absolute Gasteiger partial charge is 0.344 e. The number of nitrogens with zero attached hydrogens (tertiary/aromatic N) is 1. The van der Waals surface area contributed by atoms with Crippen LogP contribution in [0.3, 0.4) is 0 Å². The van der Waals surface area contributed by atoms with Crippen molar-refractivity contribution in [3.63, 3.8) is 0 Å². The second kappa shape index (κ2) is 5.92. The number of ketones is 1. The molecule has 0 N–H and O–H groups in total. The van der Waals surface area contributed by atoms with Crippen LogP contribution in [0.4, 0.5) is 0 Å². The first kappa shape index (κ1) is 17.4. The number of benzene rings is 2. The molecule has 2 aromatic heterocycles. The molecule has 0 fully saturated rings. The first-order valence-electron chi connectivity index (χ1n) is 9.24. The topological polar surface area (TPSA) is 52.2 Å². The molecule has 2 aromatic carbocycles. The molecule has 0 amide bonds. The molecule has 4 aromatic rings. The lowest BCUT2D eigenvalue weighted by molar-refractivity contribution is 0.0911. The summed E-state index contributed by atoms with van der Waals surface area (Å²) in [6.45, 7) is 4.20. The summed E-state index contributed by atoms with van der Waals surface area (Å²) >= 11 is 3.55. The summed E-state index contributed by atoms with van der Waals surface area (Å²) in [4.78, 5) is 25.7. The van der Waals surface area contributed by atoms with Gasteiger partial charge < -0.3 is 8.98 Å². The van der Waals surface area contributed by atoms with Crippen LogP contribution >= 0.6 is 15.9 Å². The highest BCUT2D eigenvalue weighted by atomic mass is 79.9. The molecule has 0 radical (unpaired) electrons. The molecule has 0 aliphatic heterocycles. The van der Waals surface area contributed by atoms with Crippen molar-refractivity contribution in [1.82, 2.24) is 4.57 Å². The highest BCUT2D eigenvalue weighted by Gasteiger charge is 2.37. The van der Waals surface area contributed by atoms with Crippen molar-refractivity contribution >= 4 is 43.6 Å². The van der Waals surface area contributed by atoms with E-state index in [9.17, 15) is 9.59 Å². The molecule has 4 nitrogen and oxygen atoms in total. The zero-order chi connectivity index (χ0) is 19.6. The maximum absolute atomic E-state index is 13.1. The zero-order valence-corrected chi connectivity index (χ0v) is 17.2. The van der Waals surface area contributed by atoms with Crippen molar-refractivity contribution in [2.75, 3.05) is 0 Å². The van der Waals surface area contributed by atoms with Gasteiger partial charge in [0, 0.05) is 27.7 Å². The van der Waals surface area contributed by atoms with Gasteiger partial charge in [-0.1, -0.05) is 54.0 Å². The van der Waals surface area contributed by atoms with Crippen LogP contribution < -0.4 is 5.63 Å². The van der Waals surface area contributed by atoms with E-state index >= 15 is 0 Å². The fourth-order valence-corrected chi connectivity index (χ4v) is 4.74. The predicted octanol–water partition coefficient (Wildman–Crippen LogP) is 5.65. The van der Waals surface area contributed by atoms with Gasteiger partial charge in [0.15, 0.2) is 11.4 Å². The Morgan fingerprint density at radius 3 is 2.50 bits per heavy atom. The minimum Gasteiger partial charge on any atom is -0.420 e. The number of Topliss-reactive ketones (excluding diaryl/α,β-unsaturated/α-hetero) is 1. The summed E-state index contributed by atoms with van der Waals surface area (Å²) in [5.41, 5.74) is 3.02. The Morgan fingerprint density at radius 1 is 1.00 bits per heavy atom. The van der Waals surface area contributed by atoms with Gasteiger partial charge in [-0.15, -0.1) is 0 Å². The summed E-state index contributed by atoms with van der Waals surface area (Å²) in [6.07, 6.45) is 1.17. The first-order valence-corrected chi connectivity index (χ1v) is 10.0. The Labute approximate surface area is 169 Å². The normalized spacial score (nSPS) is 15.9. The number of carbonyl (C=O) groups is 1. The highest BCUT2D eigenvalue weighted by Crippen LogP contribution is 2.42. The van der Waals surface area contributed by atoms with Crippen molar-refractivity contribution < 1.29 is 9.21 Å². The Kier molecular flexibility index (Phi) is 3.68. The van der Waals surface area contributed by atoms with Crippen molar-refractivity contribution in [3.8, 4) is 5.69 Å². The van der Waals surface area contributed by atoms with E-state index in [0.29, 0.717) is 23.0 Å². The minimum absolute atomic E-state index is 0.0310. The van der Waals surface area contributed by atoms with Gasteiger partial charge in [0.2, 0.25) is 0 Å². The van der Waals surface area contributed by atoms with E-state index in [1.807, 2.05) is 42.5 Å². The molecule has 5 rings (SSSR count). The molecule has 0 bridgehead atoms. The van der Waals surface area contributed by atoms with Crippen LogP contribution in [0, 0.1) is 5.41 Å². The largest absolute Gasteiger partial charge is 0.420 e. The maximum atomic E-state index is 13.1. The van der Waals surface area contributed by atoms with Gasteiger partial charge >= 0.3 is 5.63 Å². The van der Waals surface area contributed by atoms with Crippen molar-refractivity contribution in [1.29, 1.82) is 0 Å². The van der Waals surface area contributed by atoms with E-state index in [1.165, 1.54) is 0 Å². The Hall–Kier alpha value is -2.66. The third-order valence-corrected chi connectivity index (χ3v) is 5.94. The quantitative estimate of drug-likeness (QED) is 0.387. The van der Waals surface area contributed by atoms with Crippen molar-refractivity contribution in [2.45, 2.75) is 26.7 Å². The molecular formula is C23H18BrNO3. The third-order valence-electron chi connectivity index (χ3n) is 5.45. The Morgan fingerprint density at radius 2 is 1.75 bits per heavy atom. The first-order chi connectivity index (χ1) is 13.4. The summed E-state index contributed by atoms with van der Waals surface area (Å²) in [6, 6.07) is 15.4. The van der Waals surface area contributed by atoms with Gasteiger partial charge in [0.05, 0.1) is 16.5 Å². The number of fused-ring (bicyclic) bond motifs is 5. The molecule has 1 aliphatic rings. The van der Waals surface area contributed by atoms with Crippen LogP contribution in [0.1, 0.15) is 36.3 Å². The third kappa shape index (κ3) is 2.49. The molecule has 0 spiro atoms. The molecule has 0 saturated heterocycles. The van der Waals surface area contributed by atoms with Crippen LogP contribution in [0.5, 0.6) is 0 Å². The van der Waals surface area contributed by atoms with Gasteiger partial charge in [-0.25, -0.2) is 4.79 Å². The lowest BCUT2D eigenvalue weighted by Crippen LogP contribution is -2.27. The predicted molar refractivity (Wildman–Crippen MR) is 113 cm³/mol. The van der Waals surface area contributed by atoms with Crippen LogP contribution in [0.2, 0.25) is 0 Å². The highest BCUT2D eigenvalue weighted by molar-refractivity contribution is 9.10. The second-order valence-electron chi connectivity index (χ2n) is 8.19. The van der Waals surface area contributed by atoms with Crippen molar-refractivity contribution in [3.05, 3.63) is 74.7 Å². The van der Waals surface area contributed by atoms with E-state index in [0.717, 1.165) is 33.2 Å². The molecule has 0 saturated carbocycles. The molecule has 0 unspecified atom stereocenters. The summed E-state index contributed by atoms with van der Waals surface area (Å²) in [5, 5.41) is 1.32. The van der Waals surface area contributed by atoms with Crippen LogP contribution in [0.15, 0.2) is 62.2 Å². The van der Waals surface area contributed by atoms with Crippen molar-refractivity contribution in [2.24, 2.45) is 5.41 Å². The molecular weight excluding hydrogens is 418 g/mol. The number of carbonyl (C=O) groups excluding carboxylic acids is 1. The van der Waals surface area contributed by atoms with Gasteiger partial charge in [-0.2, -0.15) is 0 Å². The van der Waals surface area contributed by atoms with E-state index < -0.39 is 5.63 Å². The molecule has 140 valence electrons. The molecule has 0 atom stereocenters. The average molecular weight is 436 g/mol. The second-order valence-corrected chi connectivity index (χ2v) is 9.11. The van der Waals surface area contributed by atoms with E-state index in [1.54, 1.807) is 6.07 Å². The fourth-order valence-electron chi connectivity index (χ4n) is 4.35. The van der Waals surface area contributed by atoms with Crippen LogP contribution in [-0.2, 0) is 6.42 Å². The maximum Gasteiger partial charge on any atom is 0.344 e. The molecule has 28 heavy (non-hydrogen) atoms. The van der Waals surface area contributed by atoms with E-state index in [-0.39, 0.29) is 11.2 Å². The SMILES string of the molecule is CC1(C)CC(=O)c2c(n(-c3cccc(Br)c3)c3c2oc(=O)c2ccccc23)C1. The average Bonchev–Trinajstić information content (AvgIpc) is 2.95. The van der Waals surface area contributed by atoms with Gasteiger partial charge in [-0.05, 0) is 36.1 Å². The standard InChI is InChI=1S/C23H18BrNO3/c1-23(2)11-17-19(18(26)12-23)21-20(25(17)14-7-5-6-13(24)10-14)15-8-3-4-9-16(15)22(27)28-21/h3-10H,11-12H2,1-2H3. The Bertz CT molecular complexity index is 1340. The summed E-state index contributed by atoms with van der Waals surface area (Å²) < 4.78 is 8.78. The number of rotatable bonds is 1. The zero-order valence-electron chi connectivity index (χ0n) is 15.6. The van der Waals surface area contributed by atoms with Gasteiger partial charge in [-0.3, -0.25) is 4.79 Å². The molecule has 5 heteroatoms. The fraction of sp³-hybridized carbons (Fsp3) is 0.217. The van der Waals surface area contributed by atoms with Gasteiger partial charge in [0.1, 0.15) is 0 Å². The lowest BCUT2D eigenvalue weighted by atomic mass is 9.76. The molecule has 1 aliphatic carbocycles. The van der Waals surface area contributed by atoms with E-state index in [4.69, 9.17) is 4.42 Å². The number of halogens is 1. The number of aromatic nitrogens is 1. The number of hydrogen-bond donors (Lipinski definition) is 0. The number of hydrogen-bond acceptors (Lipinski definition) is 3. The van der Waals surface area contributed by atoms with Crippen LogP contribution in [0.25, 0.3) is 27.6 Å². The van der Waals surface area contributed by atoms with E-state index in [2.05, 4.69) is 34.3 Å². The lowest BCUT2D eigenvalue weighted by Gasteiger charge is -2.29. The minimum atomic E-state index is -0.407. The van der Waals surface area contributed by atoms with Crippen LogP contribution in [-0.4, -0.2) is 10.4 Å². The monoisotopic (exact) mass is 435 g/mol. The van der Waals surface area contributed by atoms with Gasteiger partial charge in [0.25, 0.3) is 0 Å².